The number of aromatic nitrogens is 2. The smallest absolute Gasteiger partial charge is 0.168 e. The van der Waals surface area contributed by atoms with E-state index in [1.807, 2.05) is 26.0 Å². The van der Waals surface area contributed by atoms with Gasteiger partial charge in [-0.25, -0.2) is 13.8 Å². The van der Waals surface area contributed by atoms with Gasteiger partial charge in [0, 0.05) is 25.0 Å². The first-order valence-electron chi connectivity index (χ1n) is 6.88. The summed E-state index contributed by atoms with van der Waals surface area (Å²) in [4.78, 5) is 7.92. The van der Waals surface area contributed by atoms with Crippen molar-refractivity contribution in [1.82, 2.24) is 9.97 Å². The lowest BCUT2D eigenvalue weighted by Crippen LogP contribution is -2.12. The largest absolute Gasteiger partial charge is 0.368 e. The minimum absolute atomic E-state index is 0.0271. The van der Waals surface area contributed by atoms with Gasteiger partial charge in [-0.3, -0.25) is 4.98 Å². The second kappa shape index (κ2) is 6.97. The molecule has 6 heteroatoms. The van der Waals surface area contributed by atoms with Crippen molar-refractivity contribution < 1.29 is 8.78 Å². The van der Waals surface area contributed by atoms with Crippen LogP contribution in [-0.4, -0.2) is 16.5 Å². The van der Waals surface area contributed by atoms with Crippen LogP contribution in [0.15, 0.2) is 30.6 Å². The van der Waals surface area contributed by atoms with Crippen LogP contribution in [0.4, 0.5) is 20.4 Å². The van der Waals surface area contributed by atoms with E-state index >= 15 is 0 Å². The lowest BCUT2D eigenvalue weighted by atomic mass is 10.1. The molecule has 21 heavy (non-hydrogen) atoms. The van der Waals surface area contributed by atoms with Crippen molar-refractivity contribution in [2.45, 2.75) is 26.3 Å². The summed E-state index contributed by atoms with van der Waals surface area (Å²) in [5, 5.41) is 5.79. The number of hydrogen-bond donors (Lipinski definition) is 2. The zero-order valence-corrected chi connectivity index (χ0v) is 12.0. The van der Waals surface area contributed by atoms with Gasteiger partial charge in [0.1, 0.15) is 0 Å². The van der Waals surface area contributed by atoms with Crippen LogP contribution in [0.1, 0.15) is 31.9 Å². The number of nitrogens with one attached hydrogen (secondary N) is 2. The molecule has 2 aromatic rings. The highest BCUT2D eigenvalue weighted by atomic mass is 19.1. The Labute approximate surface area is 122 Å². The Morgan fingerprint density at radius 2 is 1.81 bits per heavy atom. The summed E-state index contributed by atoms with van der Waals surface area (Å²) in [7, 11) is 0. The Hall–Kier alpha value is -2.24. The average molecular weight is 292 g/mol. The van der Waals surface area contributed by atoms with Crippen LogP contribution in [-0.2, 0) is 0 Å². The van der Waals surface area contributed by atoms with E-state index in [0.29, 0.717) is 6.54 Å². The average Bonchev–Trinajstić information content (AvgIpc) is 2.49. The summed E-state index contributed by atoms with van der Waals surface area (Å²) in [6, 6.07) is 4.33. The molecular weight excluding hydrogens is 274 g/mol. The molecule has 2 heterocycles. The highest BCUT2D eigenvalue weighted by Crippen LogP contribution is 2.23. The zero-order chi connectivity index (χ0) is 15.2. The molecule has 0 bridgehead atoms. The Bertz CT molecular complexity index is 590. The fourth-order valence-electron chi connectivity index (χ4n) is 1.88. The molecule has 1 atom stereocenters. The van der Waals surface area contributed by atoms with E-state index in [0.717, 1.165) is 18.1 Å². The summed E-state index contributed by atoms with van der Waals surface area (Å²) >= 11 is 0. The van der Waals surface area contributed by atoms with Gasteiger partial charge in [0.25, 0.3) is 0 Å². The molecule has 0 aliphatic heterocycles. The summed E-state index contributed by atoms with van der Waals surface area (Å²) in [6.45, 7) is 4.41. The maximum Gasteiger partial charge on any atom is 0.168 e. The second-order valence-electron chi connectivity index (χ2n) is 4.72. The van der Waals surface area contributed by atoms with E-state index in [9.17, 15) is 8.78 Å². The molecule has 1 unspecified atom stereocenters. The number of halogens is 2. The van der Waals surface area contributed by atoms with Crippen molar-refractivity contribution in [2.75, 3.05) is 17.2 Å². The first-order chi connectivity index (χ1) is 10.1. The highest BCUT2D eigenvalue weighted by molar-refractivity contribution is 5.48. The second-order valence-corrected chi connectivity index (χ2v) is 4.72. The van der Waals surface area contributed by atoms with Gasteiger partial charge >= 0.3 is 0 Å². The van der Waals surface area contributed by atoms with Gasteiger partial charge in [0.15, 0.2) is 23.3 Å². The Balaban J connectivity index is 2.19. The molecular formula is C15H18F2N4. The van der Waals surface area contributed by atoms with Gasteiger partial charge in [-0.1, -0.05) is 6.92 Å². The molecule has 2 N–H and O–H groups in total. The fraction of sp³-hybridized carbons (Fsp3) is 0.333. The fourth-order valence-corrected chi connectivity index (χ4v) is 1.88. The Morgan fingerprint density at radius 3 is 2.48 bits per heavy atom. The van der Waals surface area contributed by atoms with E-state index < -0.39 is 11.6 Å². The van der Waals surface area contributed by atoms with Crippen LogP contribution in [0, 0.1) is 11.6 Å². The quantitative estimate of drug-likeness (QED) is 0.851. The lowest BCUT2D eigenvalue weighted by molar-refractivity contribution is 0.576. The lowest BCUT2D eigenvalue weighted by Gasteiger charge is -2.16. The molecule has 112 valence electrons. The topological polar surface area (TPSA) is 49.8 Å². The number of rotatable bonds is 6. The normalized spacial score (nSPS) is 12.0. The number of anilines is 2. The van der Waals surface area contributed by atoms with Crippen molar-refractivity contribution in [2.24, 2.45) is 0 Å². The predicted molar refractivity (Wildman–Crippen MR) is 79.2 cm³/mol. The van der Waals surface area contributed by atoms with Crippen LogP contribution in [0.25, 0.3) is 0 Å². The molecule has 0 spiro atoms. The summed E-state index contributed by atoms with van der Waals surface area (Å²) < 4.78 is 27.4. The predicted octanol–water partition coefficient (Wildman–Crippen LogP) is 3.75. The number of hydrogen-bond acceptors (Lipinski definition) is 4. The van der Waals surface area contributed by atoms with Crippen LogP contribution < -0.4 is 10.6 Å². The SMILES string of the molecule is CCCNc1nc(NC(C)c2ccncc2)c(F)cc1F. The molecule has 0 aliphatic carbocycles. The molecule has 0 aliphatic rings. The van der Waals surface area contributed by atoms with E-state index in [1.165, 1.54) is 0 Å². The van der Waals surface area contributed by atoms with E-state index in [-0.39, 0.29) is 17.7 Å². The van der Waals surface area contributed by atoms with Crippen molar-refractivity contribution in [3.05, 3.63) is 47.8 Å². The summed E-state index contributed by atoms with van der Waals surface area (Å²) in [5.41, 5.74) is 0.943. The van der Waals surface area contributed by atoms with E-state index in [2.05, 4.69) is 20.6 Å². The summed E-state index contributed by atoms with van der Waals surface area (Å²) in [5.74, 6) is -1.32. The van der Waals surface area contributed by atoms with Crippen LogP contribution in [0.2, 0.25) is 0 Å². The molecule has 0 aromatic carbocycles. The highest BCUT2D eigenvalue weighted by Gasteiger charge is 2.14. The van der Waals surface area contributed by atoms with E-state index in [4.69, 9.17) is 0 Å². The van der Waals surface area contributed by atoms with Crippen molar-refractivity contribution in [3.63, 3.8) is 0 Å². The third-order valence-electron chi connectivity index (χ3n) is 3.03. The Morgan fingerprint density at radius 1 is 1.14 bits per heavy atom. The molecule has 0 saturated heterocycles. The van der Waals surface area contributed by atoms with E-state index in [1.54, 1.807) is 12.4 Å². The minimum Gasteiger partial charge on any atom is -0.368 e. The standard InChI is InChI=1S/C15H18F2N4/c1-3-6-19-14-12(16)9-13(17)15(21-14)20-10(2)11-4-7-18-8-5-11/h4-5,7-10H,3,6H2,1-2H3,(H2,19,20,21). The van der Waals surface area contributed by atoms with Gasteiger partial charge in [-0.15, -0.1) is 0 Å². The number of pyridine rings is 2. The monoisotopic (exact) mass is 292 g/mol. The molecule has 2 aromatic heterocycles. The molecule has 0 saturated carbocycles. The van der Waals surface area contributed by atoms with Gasteiger partial charge in [-0.05, 0) is 31.0 Å². The zero-order valence-electron chi connectivity index (χ0n) is 12.0. The van der Waals surface area contributed by atoms with Gasteiger partial charge < -0.3 is 10.6 Å². The first kappa shape index (κ1) is 15.2. The van der Waals surface area contributed by atoms with Gasteiger partial charge in [-0.2, -0.15) is 0 Å². The minimum atomic E-state index is -0.713. The van der Waals surface area contributed by atoms with Gasteiger partial charge in [0.2, 0.25) is 0 Å². The van der Waals surface area contributed by atoms with Crippen molar-refractivity contribution >= 4 is 11.6 Å². The van der Waals surface area contributed by atoms with Crippen molar-refractivity contribution in [3.8, 4) is 0 Å². The van der Waals surface area contributed by atoms with Crippen LogP contribution in [0.5, 0.6) is 0 Å². The van der Waals surface area contributed by atoms with Gasteiger partial charge in [0.05, 0.1) is 6.04 Å². The molecule has 2 rings (SSSR count). The molecule has 0 radical (unpaired) electrons. The third kappa shape index (κ3) is 3.87. The molecule has 0 amide bonds. The Kier molecular flexibility index (Phi) is 5.03. The summed E-state index contributed by atoms with van der Waals surface area (Å²) in [6.07, 6.45) is 4.15. The molecule has 4 nitrogen and oxygen atoms in total. The van der Waals surface area contributed by atoms with Crippen molar-refractivity contribution in [1.29, 1.82) is 0 Å². The maximum absolute atomic E-state index is 13.8. The number of nitrogens with zero attached hydrogens (tertiary/aromatic N) is 2. The maximum atomic E-state index is 13.8. The third-order valence-corrected chi connectivity index (χ3v) is 3.03. The first-order valence-corrected chi connectivity index (χ1v) is 6.88. The van der Waals surface area contributed by atoms with Crippen LogP contribution >= 0.6 is 0 Å². The molecule has 0 fully saturated rings. The van der Waals surface area contributed by atoms with Crippen LogP contribution in [0.3, 0.4) is 0 Å².